The molecule has 0 spiro atoms. The molecule has 3 aromatic rings. The molecule has 23 heavy (non-hydrogen) atoms. The quantitative estimate of drug-likeness (QED) is 0.508. The second-order valence-corrected chi connectivity index (χ2v) is 4.78. The first-order chi connectivity index (χ1) is 11.2. The van der Waals surface area contributed by atoms with Gasteiger partial charge in [0.05, 0.1) is 0 Å². The molecule has 1 amide bonds. The highest BCUT2D eigenvalue weighted by molar-refractivity contribution is 6.06. The molecule has 0 aliphatic rings. The number of benzene rings is 1. The topological polar surface area (TPSA) is 105 Å². The fourth-order valence-electron chi connectivity index (χ4n) is 2.07. The van der Waals surface area contributed by atoms with Gasteiger partial charge in [0, 0.05) is 36.4 Å². The van der Waals surface area contributed by atoms with Crippen molar-refractivity contribution in [3.8, 4) is 11.5 Å². The third kappa shape index (κ3) is 3.29. The van der Waals surface area contributed by atoms with Crippen molar-refractivity contribution in [1.82, 2.24) is 15.3 Å². The van der Waals surface area contributed by atoms with Crippen LogP contribution in [0.15, 0.2) is 53.8 Å². The molecule has 3 rings (SSSR count). The number of amides is 1. The molecule has 0 fully saturated rings. The summed E-state index contributed by atoms with van der Waals surface area (Å²) in [4.78, 5) is 22.7. The Hall–Kier alpha value is -3.35. The van der Waals surface area contributed by atoms with Crippen LogP contribution in [-0.4, -0.2) is 28.9 Å². The molecular weight excluding hydrogens is 294 g/mol. The molecule has 2 heterocycles. The number of aliphatic imine (C=N–C) groups is 1. The standard InChI is InChI=1S/C16H15N5O2/c1-18-16(17)21-15(22)14-8-10-2-3-12(9-13(10)20-14)23-11-4-6-19-7-5-11/h2-9,20H,1H3,(H3,17,18,21,22). The zero-order chi connectivity index (χ0) is 16.2. The minimum atomic E-state index is -0.346. The number of H-pyrrole nitrogens is 1. The number of aromatic nitrogens is 2. The molecule has 7 heteroatoms. The Morgan fingerprint density at radius 3 is 2.74 bits per heavy atom. The Balaban J connectivity index is 1.84. The minimum Gasteiger partial charge on any atom is -0.457 e. The molecule has 1 aromatic carbocycles. The molecule has 4 N–H and O–H groups in total. The minimum absolute atomic E-state index is 0.0652. The van der Waals surface area contributed by atoms with Gasteiger partial charge in [-0.25, -0.2) is 0 Å². The molecule has 0 saturated carbocycles. The Kier molecular flexibility index (Phi) is 3.92. The van der Waals surface area contributed by atoms with Gasteiger partial charge in [0.25, 0.3) is 5.91 Å². The van der Waals surface area contributed by atoms with Crippen LogP contribution in [0.4, 0.5) is 0 Å². The lowest BCUT2D eigenvalue weighted by atomic mass is 10.2. The maximum Gasteiger partial charge on any atom is 0.274 e. The summed E-state index contributed by atoms with van der Waals surface area (Å²) in [7, 11) is 1.50. The number of hydrogen-bond acceptors (Lipinski definition) is 4. The summed E-state index contributed by atoms with van der Waals surface area (Å²) in [6.45, 7) is 0. The van der Waals surface area contributed by atoms with Gasteiger partial charge in [0.1, 0.15) is 17.2 Å². The number of nitrogens with two attached hydrogens (primary N) is 1. The molecule has 0 radical (unpaired) electrons. The maximum absolute atomic E-state index is 12.0. The average Bonchev–Trinajstić information content (AvgIpc) is 2.99. The molecular formula is C16H15N5O2. The summed E-state index contributed by atoms with van der Waals surface area (Å²) in [5.74, 6) is 1.07. The highest BCUT2D eigenvalue weighted by Crippen LogP contribution is 2.25. The smallest absolute Gasteiger partial charge is 0.274 e. The van der Waals surface area contributed by atoms with Crippen LogP contribution in [0, 0.1) is 0 Å². The lowest BCUT2D eigenvalue weighted by Gasteiger charge is -2.04. The van der Waals surface area contributed by atoms with E-state index in [1.807, 2.05) is 18.2 Å². The van der Waals surface area contributed by atoms with Gasteiger partial charge in [-0.3, -0.25) is 20.1 Å². The second-order valence-electron chi connectivity index (χ2n) is 4.78. The zero-order valence-corrected chi connectivity index (χ0v) is 12.4. The number of nitrogens with one attached hydrogen (secondary N) is 2. The predicted molar refractivity (Wildman–Crippen MR) is 87.6 cm³/mol. The van der Waals surface area contributed by atoms with E-state index in [4.69, 9.17) is 10.5 Å². The van der Waals surface area contributed by atoms with E-state index in [1.165, 1.54) is 7.05 Å². The molecule has 0 unspecified atom stereocenters. The number of rotatable bonds is 3. The van der Waals surface area contributed by atoms with Gasteiger partial charge in [-0.15, -0.1) is 0 Å². The van der Waals surface area contributed by atoms with E-state index in [9.17, 15) is 4.79 Å². The highest BCUT2D eigenvalue weighted by atomic mass is 16.5. The largest absolute Gasteiger partial charge is 0.457 e. The van der Waals surface area contributed by atoms with Crippen LogP contribution >= 0.6 is 0 Å². The molecule has 2 aromatic heterocycles. The van der Waals surface area contributed by atoms with Gasteiger partial charge in [-0.1, -0.05) is 0 Å². The summed E-state index contributed by atoms with van der Waals surface area (Å²) in [6, 6.07) is 10.8. The van der Waals surface area contributed by atoms with Crippen LogP contribution in [0.5, 0.6) is 11.5 Å². The molecule has 0 saturated heterocycles. The third-order valence-corrected chi connectivity index (χ3v) is 3.21. The Bertz CT molecular complexity index is 871. The fourth-order valence-corrected chi connectivity index (χ4v) is 2.07. The molecule has 0 aliphatic heterocycles. The van der Waals surface area contributed by atoms with Crippen molar-refractivity contribution in [3.05, 3.63) is 54.5 Å². The summed E-state index contributed by atoms with van der Waals surface area (Å²) in [5.41, 5.74) is 6.68. The normalized spacial score (nSPS) is 11.4. The van der Waals surface area contributed by atoms with Gasteiger partial charge in [-0.05, 0) is 30.3 Å². The molecule has 7 nitrogen and oxygen atoms in total. The number of carbonyl (C=O) groups excluding carboxylic acids is 1. The van der Waals surface area contributed by atoms with E-state index in [2.05, 4.69) is 20.3 Å². The average molecular weight is 309 g/mol. The van der Waals surface area contributed by atoms with Gasteiger partial charge in [0.15, 0.2) is 5.96 Å². The summed E-state index contributed by atoms with van der Waals surface area (Å²) < 4.78 is 5.74. The fraction of sp³-hybridized carbons (Fsp3) is 0.0625. The monoisotopic (exact) mass is 309 g/mol. The second kappa shape index (κ2) is 6.18. The van der Waals surface area contributed by atoms with Crippen molar-refractivity contribution in [2.24, 2.45) is 10.7 Å². The number of ether oxygens (including phenoxy) is 1. The van der Waals surface area contributed by atoms with E-state index in [0.29, 0.717) is 17.2 Å². The maximum atomic E-state index is 12.0. The Morgan fingerprint density at radius 2 is 2.00 bits per heavy atom. The molecule has 0 atom stereocenters. The van der Waals surface area contributed by atoms with Crippen molar-refractivity contribution in [2.75, 3.05) is 7.05 Å². The highest BCUT2D eigenvalue weighted by Gasteiger charge is 2.11. The first-order valence-corrected chi connectivity index (χ1v) is 6.90. The predicted octanol–water partition coefficient (Wildman–Crippen LogP) is 2.03. The number of aromatic amines is 1. The van der Waals surface area contributed by atoms with Gasteiger partial charge in [0.2, 0.25) is 0 Å². The number of carbonyl (C=O) groups is 1. The van der Waals surface area contributed by atoms with Crippen molar-refractivity contribution in [1.29, 1.82) is 0 Å². The number of pyridine rings is 1. The van der Waals surface area contributed by atoms with E-state index in [1.54, 1.807) is 30.6 Å². The third-order valence-electron chi connectivity index (χ3n) is 3.21. The van der Waals surface area contributed by atoms with Gasteiger partial charge < -0.3 is 15.5 Å². The molecule has 0 bridgehead atoms. The zero-order valence-electron chi connectivity index (χ0n) is 12.4. The van der Waals surface area contributed by atoms with Gasteiger partial charge >= 0.3 is 0 Å². The molecule has 116 valence electrons. The van der Waals surface area contributed by atoms with Gasteiger partial charge in [-0.2, -0.15) is 0 Å². The first kappa shape index (κ1) is 14.6. The van der Waals surface area contributed by atoms with Crippen LogP contribution in [0.1, 0.15) is 10.5 Å². The molecule has 0 aliphatic carbocycles. The van der Waals surface area contributed by atoms with E-state index in [0.717, 1.165) is 10.9 Å². The lowest BCUT2D eigenvalue weighted by Crippen LogP contribution is -2.36. The number of fused-ring (bicyclic) bond motifs is 1. The van der Waals surface area contributed by atoms with Crippen LogP contribution in [0.3, 0.4) is 0 Å². The van der Waals surface area contributed by atoms with Crippen molar-refractivity contribution in [2.45, 2.75) is 0 Å². The summed E-state index contributed by atoms with van der Waals surface area (Å²) in [6.07, 6.45) is 3.31. The SMILES string of the molecule is CN=C(N)NC(=O)c1cc2ccc(Oc3ccncc3)cc2[nH]1. The number of hydrogen-bond donors (Lipinski definition) is 3. The van der Waals surface area contributed by atoms with Crippen LogP contribution in [0.25, 0.3) is 10.9 Å². The summed E-state index contributed by atoms with van der Waals surface area (Å²) in [5, 5.41) is 3.37. The number of guanidine groups is 1. The van der Waals surface area contributed by atoms with Crippen LogP contribution in [-0.2, 0) is 0 Å². The van der Waals surface area contributed by atoms with E-state index < -0.39 is 0 Å². The van der Waals surface area contributed by atoms with Crippen molar-refractivity contribution in [3.63, 3.8) is 0 Å². The number of nitrogens with zero attached hydrogens (tertiary/aromatic N) is 2. The van der Waals surface area contributed by atoms with E-state index in [-0.39, 0.29) is 11.9 Å². The first-order valence-electron chi connectivity index (χ1n) is 6.90. The lowest BCUT2D eigenvalue weighted by molar-refractivity contribution is 0.0972. The Morgan fingerprint density at radius 1 is 1.22 bits per heavy atom. The van der Waals surface area contributed by atoms with Crippen molar-refractivity contribution >= 4 is 22.8 Å². The van der Waals surface area contributed by atoms with Crippen LogP contribution in [0.2, 0.25) is 0 Å². The van der Waals surface area contributed by atoms with Crippen molar-refractivity contribution < 1.29 is 9.53 Å². The van der Waals surface area contributed by atoms with E-state index >= 15 is 0 Å². The van der Waals surface area contributed by atoms with Crippen LogP contribution < -0.4 is 15.8 Å². The Labute approximate surface area is 132 Å². The summed E-state index contributed by atoms with van der Waals surface area (Å²) >= 11 is 0.